The highest BCUT2D eigenvalue weighted by molar-refractivity contribution is 7.89. The van der Waals surface area contributed by atoms with Crippen LogP contribution in [0.3, 0.4) is 0 Å². The Bertz CT molecular complexity index is 724. The largest absolute Gasteiger partial charge is 0.468 e. The molecule has 1 aromatic heterocycles. The Balaban J connectivity index is 1.98. The molecule has 0 unspecified atom stereocenters. The van der Waals surface area contributed by atoms with Gasteiger partial charge in [-0.3, -0.25) is 4.79 Å². The van der Waals surface area contributed by atoms with Crippen molar-refractivity contribution in [2.45, 2.75) is 17.9 Å². The zero-order valence-electron chi connectivity index (χ0n) is 12.4. The molecule has 1 amide bonds. The van der Waals surface area contributed by atoms with Crippen molar-refractivity contribution in [1.29, 1.82) is 0 Å². The van der Waals surface area contributed by atoms with E-state index >= 15 is 0 Å². The van der Waals surface area contributed by atoms with E-state index in [4.69, 9.17) is 9.52 Å². The van der Waals surface area contributed by atoms with Crippen LogP contribution in [0, 0.1) is 0 Å². The van der Waals surface area contributed by atoms with Crippen LogP contribution in [-0.2, 0) is 16.6 Å². The van der Waals surface area contributed by atoms with Crippen LogP contribution in [0.1, 0.15) is 22.5 Å². The van der Waals surface area contributed by atoms with Gasteiger partial charge in [-0.05, 0) is 42.8 Å². The lowest BCUT2D eigenvalue weighted by Crippen LogP contribution is -2.25. The quantitative estimate of drug-likeness (QED) is 0.619. The van der Waals surface area contributed by atoms with Crippen LogP contribution in [0.5, 0.6) is 0 Å². The van der Waals surface area contributed by atoms with Crippen molar-refractivity contribution in [2.24, 2.45) is 0 Å². The average molecular weight is 338 g/mol. The summed E-state index contributed by atoms with van der Waals surface area (Å²) < 4.78 is 31.8. The van der Waals surface area contributed by atoms with Crippen LogP contribution >= 0.6 is 0 Å². The summed E-state index contributed by atoms with van der Waals surface area (Å²) in [6.07, 6.45) is 1.93. The number of aliphatic hydroxyl groups excluding tert-OH is 1. The molecule has 0 atom stereocenters. The van der Waals surface area contributed by atoms with Gasteiger partial charge in [0.25, 0.3) is 5.91 Å². The van der Waals surface area contributed by atoms with Gasteiger partial charge in [0.05, 0.1) is 17.7 Å². The molecule has 1 aromatic carbocycles. The number of benzene rings is 1. The molecule has 0 saturated heterocycles. The first-order valence-electron chi connectivity index (χ1n) is 7.04. The maximum atomic E-state index is 12.1. The molecule has 7 nitrogen and oxygen atoms in total. The van der Waals surface area contributed by atoms with Crippen molar-refractivity contribution in [3.63, 3.8) is 0 Å². The minimum atomic E-state index is -3.67. The molecule has 3 N–H and O–H groups in total. The SMILES string of the molecule is O=C(NCCCO)c1ccc(S(=O)(=O)NCc2ccco2)cc1. The summed E-state index contributed by atoms with van der Waals surface area (Å²) in [6.45, 7) is 0.414. The predicted molar refractivity (Wildman–Crippen MR) is 83.2 cm³/mol. The van der Waals surface area contributed by atoms with Crippen LogP contribution in [0.2, 0.25) is 0 Å². The minimum absolute atomic E-state index is 0.00119. The second-order valence-corrected chi connectivity index (χ2v) is 6.53. The summed E-state index contributed by atoms with van der Waals surface area (Å²) in [5.41, 5.74) is 0.355. The molecule has 0 radical (unpaired) electrons. The second-order valence-electron chi connectivity index (χ2n) is 4.76. The van der Waals surface area contributed by atoms with E-state index in [9.17, 15) is 13.2 Å². The number of sulfonamides is 1. The molecule has 0 aliphatic carbocycles. The van der Waals surface area contributed by atoms with E-state index in [-0.39, 0.29) is 24.0 Å². The highest BCUT2D eigenvalue weighted by Crippen LogP contribution is 2.11. The predicted octanol–water partition coefficient (Wildman–Crippen LogP) is 0.870. The first-order valence-corrected chi connectivity index (χ1v) is 8.52. The lowest BCUT2D eigenvalue weighted by atomic mass is 10.2. The van der Waals surface area contributed by atoms with Gasteiger partial charge < -0.3 is 14.8 Å². The number of carbonyl (C=O) groups excluding carboxylic acids is 1. The zero-order chi connectivity index (χ0) is 16.7. The van der Waals surface area contributed by atoms with E-state index in [0.717, 1.165) is 0 Å². The van der Waals surface area contributed by atoms with Crippen molar-refractivity contribution >= 4 is 15.9 Å². The number of nitrogens with one attached hydrogen (secondary N) is 2. The Morgan fingerprint density at radius 2 is 1.91 bits per heavy atom. The van der Waals surface area contributed by atoms with E-state index in [1.165, 1.54) is 30.5 Å². The molecular weight excluding hydrogens is 320 g/mol. The van der Waals surface area contributed by atoms with Gasteiger partial charge in [-0.15, -0.1) is 0 Å². The van der Waals surface area contributed by atoms with Gasteiger partial charge >= 0.3 is 0 Å². The average Bonchev–Trinajstić information content (AvgIpc) is 3.07. The van der Waals surface area contributed by atoms with E-state index in [0.29, 0.717) is 24.3 Å². The summed E-state index contributed by atoms with van der Waals surface area (Å²) in [7, 11) is -3.67. The lowest BCUT2D eigenvalue weighted by molar-refractivity contribution is 0.0951. The van der Waals surface area contributed by atoms with Crippen LogP contribution in [0.25, 0.3) is 0 Å². The van der Waals surface area contributed by atoms with Gasteiger partial charge in [0.2, 0.25) is 10.0 Å². The van der Waals surface area contributed by atoms with Crippen molar-refractivity contribution in [3.05, 3.63) is 54.0 Å². The molecule has 1 heterocycles. The fourth-order valence-corrected chi connectivity index (χ4v) is 2.82. The number of furan rings is 1. The van der Waals surface area contributed by atoms with E-state index in [1.807, 2.05) is 0 Å². The van der Waals surface area contributed by atoms with E-state index in [2.05, 4.69) is 10.0 Å². The Labute approximate surface area is 134 Å². The smallest absolute Gasteiger partial charge is 0.251 e. The maximum Gasteiger partial charge on any atom is 0.251 e. The molecule has 0 saturated carbocycles. The normalized spacial score (nSPS) is 11.3. The van der Waals surface area contributed by atoms with Crippen molar-refractivity contribution < 1.29 is 22.7 Å². The monoisotopic (exact) mass is 338 g/mol. The number of rotatable bonds is 8. The third kappa shape index (κ3) is 4.92. The second kappa shape index (κ2) is 7.91. The standard InChI is InChI=1S/C15H18N2O5S/c18-9-2-8-16-15(19)12-4-6-14(7-5-12)23(20,21)17-11-13-3-1-10-22-13/h1,3-7,10,17-18H,2,8-9,11H2,(H,16,19). The van der Waals surface area contributed by atoms with Crippen molar-refractivity contribution in [3.8, 4) is 0 Å². The highest BCUT2D eigenvalue weighted by Gasteiger charge is 2.15. The summed E-state index contributed by atoms with van der Waals surface area (Å²) in [4.78, 5) is 11.9. The number of hydrogen-bond donors (Lipinski definition) is 3. The molecule has 0 aliphatic heterocycles. The van der Waals surface area contributed by atoms with Crippen molar-refractivity contribution in [1.82, 2.24) is 10.0 Å². The number of amides is 1. The first kappa shape index (κ1) is 17.2. The molecule has 124 valence electrons. The topological polar surface area (TPSA) is 109 Å². The third-order valence-electron chi connectivity index (χ3n) is 3.06. The molecule has 0 bridgehead atoms. The third-order valence-corrected chi connectivity index (χ3v) is 4.48. The molecule has 0 spiro atoms. The molecule has 23 heavy (non-hydrogen) atoms. The molecule has 8 heteroatoms. The lowest BCUT2D eigenvalue weighted by Gasteiger charge is -2.07. The van der Waals surface area contributed by atoms with Crippen LogP contribution in [-0.4, -0.2) is 32.6 Å². The zero-order valence-corrected chi connectivity index (χ0v) is 13.2. The number of aliphatic hydroxyl groups is 1. The first-order chi connectivity index (χ1) is 11.0. The number of carbonyl (C=O) groups is 1. The van der Waals surface area contributed by atoms with Gasteiger partial charge in [0.1, 0.15) is 5.76 Å². The maximum absolute atomic E-state index is 12.1. The van der Waals surface area contributed by atoms with Gasteiger partial charge in [0.15, 0.2) is 0 Å². The van der Waals surface area contributed by atoms with E-state index in [1.54, 1.807) is 12.1 Å². The minimum Gasteiger partial charge on any atom is -0.468 e. The van der Waals surface area contributed by atoms with Gasteiger partial charge in [-0.2, -0.15) is 0 Å². The van der Waals surface area contributed by atoms with Crippen LogP contribution in [0.15, 0.2) is 52.0 Å². The van der Waals surface area contributed by atoms with Crippen LogP contribution < -0.4 is 10.0 Å². The molecule has 0 aliphatic rings. The highest BCUT2D eigenvalue weighted by atomic mass is 32.2. The summed E-state index contributed by atoms with van der Waals surface area (Å²) in [6, 6.07) is 8.96. The summed E-state index contributed by atoms with van der Waals surface area (Å²) in [5, 5.41) is 11.3. The number of hydrogen-bond acceptors (Lipinski definition) is 5. The Hall–Kier alpha value is -2.16. The summed E-state index contributed by atoms with van der Waals surface area (Å²) >= 11 is 0. The Morgan fingerprint density at radius 1 is 1.17 bits per heavy atom. The van der Waals surface area contributed by atoms with E-state index < -0.39 is 10.0 Å². The van der Waals surface area contributed by atoms with Gasteiger partial charge in [-0.25, -0.2) is 13.1 Å². The van der Waals surface area contributed by atoms with Crippen molar-refractivity contribution in [2.75, 3.05) is 13.2 Å². The summed E-state index contributed by atoms with van der Waals surface area (Å²) in [5.74, 6) is 0.194. The molecule has 0 fully saturated rings. The molecule has 2 aromatic rings. The Morgan fingerprint density at radius 3 is 2.52 bits per heavy atom. The van der Waals surface area contributed by atoms with Gasteiger partial charge in [-0.1, -0.05) is 0 Å². The molecule has 2 rings (SSSR count). The van der Waals surface area contributed by atoms with Gasteiger partial charge in [0, 0.05) is 18.7 Å². The fourth-order valence-electron chi connectivity index (χ4n) is 1.83. The van der Waals surface area contributed by atoms with Crippen LogP contribution in [0.4, 0.5) is 0 Å². The Kier molecular flexibility index (Phi) is 5.91. The fraction of sp³-hybridized carbons (Fsp3) is 0.267. The molecular formula is C15H18N2O5S.